The average Bonchev–Trinajstić information content (AvgIpc) is 2.17. The van der Waals surface area contributed by atoms with E-state index in [0.717, 1.165) is 0 Å². The molecule has 0 saturated carbocycles. The summed E-state index contributed by atoms with van der Waals surface area (Å²) in [5.74, 6) is 0. The van der Waals surface area contributed by atoms with Crippen molar-refractivity contribution in [2.24, 2.45) is 0 Å². The lowest BCUT2D eigenvalue weighted by Gasteiger charge is -2.08. The van der Waals surface area contributed by atoms with E-state index in [-0.39, 0.29) is 0 Å². The van der Waals surface area contributed by atoms with Gasteiger partial charge in [-0.15, -0.1) is 0 Å². The van der Waals surface area contributed by atoms with Crippen molar-refractivity contribution < 1.29 is 0 Å². The minimum absolute atomic E-state index is 1.33. The second kappa shape index (κ2) is 3.96. The fourth-order valence-electron chi connectivity index (χ4n) is 1.60. The third-order valence-electron chi connectivity index (χ3n) is 2.63. The first kappa shape index (κ1) is 10.7. The molecule has 2 heteroatoms. The van der Waals surface area contributed by atoms with Gasteiger partial charge in [0.25, 0.3) is 0 Å². The normalized spacial score (nSPS) is 10.9. The van der Waals surface area contributed by atoms with Crippen LogP contribution in [0.1, 0.15) is 11.1 Å². The van der Waals surface area contributed by atoms with Gasteiger partial charge in [0.2, 0.25) is 0 Å². The molecule has 0 nitrogen and oxygen atoms in total. The molecule has 2 aromatic carbocycles. The monoisotopic (exact) mass is 408 g/mol. The van der Waals surface area contributed by atoms with Crippen LogP contribution < -0.4 is 0 Å². The van der Waals surface area contributed by atoms with Gasteiger partial charge in [-0.25, -0.2) is 0 Å². The Morgan fingerprint density at radius 3 is 2.21 bits per heavy atom. The van der Waals surface area contributed by atoms with Crippen LogP contribution in [0.3, 0.4) is 0 Å². The van der Waals surface area contributed by atoms with Gasteiger partial charge in [-0.2, -0.15) is 0 Å². The topological polar surface area (TPSA) is 0 Å². The van der Waals surface area contributed by atoms with Crippen LogP contribution in [-0.2, 0) is 0 Å². The smallest absolute Gasteiger partial charge is 0.0342 e. The lowest BCUT2D eigenvalue weighted by molar-refractivity contribution is 1.38. The second-order valence-corrected chi connectivity index (χ2v) is 5.70. The highest BCUT2D eigenvalue weighted by Gasteiger charge is 2.05. The van der Waals surface area contributed by atoms with Crippen molar-refractivity contribution in [1.82, 2.24) is 0 Å². The highest BCUT2D eigenvalue weighted by atomic mass is 127. The first-order valence-electron chi connectivity index (χ1n) is 4.45. The highest BCUT2D eigenvalue weighted by molar-refractivity contribution is 14.1. The summed E-state index contributed by atoms with van der Waals surface area (Å²) in [6.45, 7) is 4.36. The van der Waals surface area contributed by atoms with E-state index in [4.69, 9.17) is 0 Å². The largest absolute Gasteiger partial charge is 0.0584 e. The van der Waals surface area contributed by atoms with Gasteiger partial charge in [-0.1, -0.05) is 18.2 Å². The summed E-state index contributed by atoms with van der Waals surface area (Å²) in [7, 11) is 0. The molecule has 14 heavy (non-hydrogen) atoms. The number of hydrogen-bond acceptors (Lipinski definition) is 0. The quantitative estimate of drug-likeness (QED) is 0.557. The first-order valence-corrected chi connectivity index (χ1v) is 6.61. The zero-order chi connectivity index (χ0) is 10.3. The Bertz CT molecular complexity index is 454. The molecule has 0 amide bonds. The summed E-state index contributed by atoms with van der Waals surface area (Å²) in [6, 6.07) is 8.84. The second-order valence-electron chi connectivity index (χ2n) is 3.46. The van der Waals surface area contributed by atoms with Gasteiger partial charge in [0.1, 0.15) is 0 Å². The van der Waals surface area contributed by atoms with Gasteiger partial charge < -0.3 is 0 Å². The highest BCUT2D eigenvalue weighted by Crippen LogP contribution is 2.28. The Labute approximate surface area is 111 Å². The summed E-state index contributed by atoms with van der Waals surface area (Å²) in [6.07, 6.45) is 0. The third kappa shape index (κ3) is 1.66. The minimum Gasteiger partial charge on any atom is -0.0584 e. The van der Waals surface area contributed by atoms with Crippen molar-refractivity contribution in [1.29, 1.82) is 0 Å². The Kier molecular flexibility index (Phi) is 3.02. The minimum atomic E-state index is 1.33. The molecular formula is C12H10I2. The van der Waals surface area contributed by atoms with Crippen LogP contribution in [0.5, 0.6) is 0 Å². The predicted molar refractivity (Wildman–Crippen MR) is 78.9 cm³/mol. The summed E-state index contributed by atoms with van der Waals surface area (Å²) in [5.41, 5.74) is 2.77. The van der Waals surface area contributed by atoms with Gasteiger partial charge in [0.15, 0.2) is 0 Å². The molecule has 2 rings (SSSR count). The van der Waals surface area contributed by atoms with E-state index in [2.05, 4.69) is 83.3 Å². The molecule has 0 heterocycles. The van der Waals surface area contributed by atoms with Crippen LogP contribution in [0.25, 0.3) is 10.8 Å². The van der Waals surface area contributed by atoms with Crippen molar-refractivity contribution in [3.63, 3.8) is 0 Å². The fourth-order valence-corrected chi connectivity index (χ4v) is 2.72. The maximum atomic E-state index is 2.42. The van der Waals surface area contributed by atoms with E-state index < -0.39 is 0 Å². The van der Waals surface area contributed by atoms with Crippen molar-refractivity contribution in [3.8, 4) is 0 Å². The lowest BCUT2D eigenvalue weighted by Crippen LogP contribution is -1.88. The Balaban J connectivity index is 2.94. The number of aryl methyl sites for hydroxylation is 2. The van der Waals surface area contributed by atoms with Crippen LogP contribution in [0, 0.1) is 21.0 Å². The van der Waals surface area contributed by atoms with E-state index in [9.17, 15) is 0 Å². The third-order valence-corrected chi connectivity index (χ3v) is 5.72. The van der Waals surface area contributed by atoms with Gasteiger partial charge in [0.05, 0.1) is 0 Å². The molecule has 0 spiro atoms. The molecule has 0 atom stereocenters. The van der Waals surface area contributed by atoms with Gasteiger partial charge in [-0.3, -0.25) is 0 Å². The molecule has 72 valence electrons. The Morgan fingerprint density at radius 2 is 1.50 bits per heavy atom. The molecule has 0 aliphatic rings. The Hall–Kier alpha value is 0.160. The van der Waals surface area contributed by atoms with E-state index in [1.54, 1.807) is 0 Å². The molecular weight excluding hydrogens is 398 g/mol. The van der Waals surface area contributed by atoms with E-state index in [0.29, 0.717) is 0 Å². The SMILES string of the molecule is Cc1ccc2c(I)c(I)ccc2c1C. The van der Waals surface area contributed by atoms with Gasteiger partial charge in [-0.05, 0) is 87.0 Å². The van der Waals surface area contributed by atoms with Crippen molar-refractivity contribution in [2.45, 2.75) is 13.8 Å². The van der Waals surface area contributed by atoms with Crippen LogP contribution >= 0.6 is 45.2 Å². The van der Waals surface area contributed by atoms with Crippen molar-refractivity contribution >= 4 is 56.0 Å². The molecule has 0 aliphatic heterocycles. The molecule has 0 unspecified atom stereocenters. The number of hydrogen-bond donors (Lipinski definition) is 0. The number of benzene rings is 2. The zero-order valence-corrected chi connectivity index (χ0v) is 12.4. The summed E-state index contributed by atoms with van der Waals surface area (Å²) in [4.78, 5) is 0. The zero-order valence-electron chi connectivity index (χ0n) is 8.07. The molecule has 0 bridgehead atoms. The molecule has 0 radical (unpaired) electrons. The summed E-state index contributed by atoms with van der Waals surface area (Å²) in [5, 5.41) is 2.76. The first-order chi connectivity index (χ1) is 6.61. The van der Waals surface area contributed by atoms with Crippen molar-refractivity contribution in [3.05, 3.63) is 42.5 Å². The molecule has 0 aliphatic carbocycles. The number of halogens is 2. The van der Waals surface area contributed by atoms with Crippen LogP contribution in [0.2, 0.25) is 0 Å². The van der Waals surface area contributed by atoms with Crippen LogP contribution in [0.4, 0.5) is 0 Å². The summed E-state index contributed by atoms with van der Waals surface area (Å²) < 4.78 is 2.70. The summed E-state index contributed by atoms with van der Waals surface area (Å²) >= 11 is 4.81. The molecule has 0 fully saturated rings. The maximum absolute atomic E-state index is 2.42. The maximum Gasteiger partial charge on any atom is 0.0342 e. The molecule has 0 saturated heterocycles. The van der Waals surface area contributed by atoms with E-state index in [1.807, 2.05) is 0 Å². The van der Waals surface area contributed by atoms with Crippen molar-refractivity contribution in [2.75, 3.05) is 0 Å². The number of rotatable bonds is 0. The van der Waals surface area contributed by atoms with E-state index in [1.165, 1.54) is 29.0 Å². The molecule has 0 aromatic heterocycles. The average molecular weight is 408 g/mol. The Morgan fingerprint density at radius 1 is 0.857 bits per heavy atom. The van der Waals surface area contributed by atoms with Crippen LogP contribution in [-0.4, -0.2) is 0 Å². The molecule has 0 N–H and O–H groups in total. The van der Waals surface area contributed by atoms with Crippen LogP contribution in [0.15, 0.2) is 24.3 Å². The predicted octanol–water partition coefficient (Wildman–Crippen LogP) is 4.67. The van der Waals surface area contributed by atoms with E-state index >= 15 is 0 Å². The fraction of sp³-hybridized carbons (Fsp3) is 0.167. The molecule has 2 aromatic rings. The number of fused-ring (bicyclic) bond motifs is 1. The van der Waals surface area contributed by atoms with Gasteiger partial charge >= 0.3 is 0 Å². The standard InChI is InChI=1S/C12H10I2/c1-7-3-4-10-9(8(7)2)5-6-11(13)12(10)14/h3-6H,1-2H3. The van der Waals surface area contributed by atoms with Gasteiger partial charge in [0, 0.05) is 7.14 Å². The lowest BCUT2D eigenvalue weighted by atomic mass is 10.0.